The fourth-order valence-electron chi connectivity index (χ4n) is 3.23. The highest BCUT2D eigenvalue weighted by Crippen LogP contribution is 2.23. The minimum absolute atomic E-state index is 0.0626. The van der Waals surface area contributed by atoms with Crippen molar-refractivity contribution in [2.24, 2.45) is 0 Å². The molecule has 0 aromatic heterocycles. The van der Waals surface area contributed by atoms with Gasteiger partial charge in [-0.1, -0.05) is 63.5 Å². The molecule has 4 heteroatoms. The number of hydrogen-bond donors (Lipinski definition) is 0. The molecule has 0 spiro atoms. The summed E-state index contributed by atoms with van der Waals surface area (Å²) in [6, 6.07) is 7.06. The van der Waals surface area contributed by atoms with E-state index >= 15 is 0 Å². The van der Waals surface area contributed by atoms with E-state index < -0.39 is 0 Å². The number of benzene rings is 1. The Morgan fingerprint density at radius 3 is 1.50 bits per heavy atom. The van der Waals surface area contributed by atoms with Crippen molar-refractivity contribution in [2.75, 3.05) is 13.2 Å². The summed E-state index contributed by atoms with van der Waals surface area (Å²) < 4.78 is 0. The summed E-state index contributed by atoms with van der Waals surface area (Å²) in [7, 11) is 0. The lowest BCUT2D eigenvalue weighted by Gasteiger charge is -2.13. The predicted octanol–water partition coefficient (Wildman–Crippen LogP) is 4.61. The number of carbonyl (C=O) groups is 2. The number of rotatable bonds is 12. The van der Waals surface area contributed by atoms with Crippen molar-refractivity contribution >= 4 is 11.8 Å². The molecular weight excluding hydrogens is 302 g/mol. The number of unbranched alkanes of at least 4 members (excludes halogenated alkanes) is 9. The van der Waals surface area contributed by atoms with Crippen molar-refractivity contribution < 1.29 is 14.7 Å². The number of hydrogen-bond acceptors (Lipinski definition) is 2. The maximum atomic E-state index is 12.2. The summed E-state index contributed by atoms with van der Waals surface area (Å²) in [6.07, 6.45) is 11.1. The highest BCUT2D eigenvalue weighted by Gasteiger charge is 2.34. The van der Waals surface area contributed by atoms with E-state index in [1.165, 1.54) is 37.0 Å². The van der Waals surface area contributed by atoms with Gasteiger partial charge >= 0.3 is 0 Å². The molecule has 131 valence electrons. The Kier molecular flexibility index (Phi) is 7.96. The highest BCUT2D eigenvalue weighted by molar-refractivity contribution is 6.21. The second-order valence-corrected chi connectivity index (χ2v) is 6.55. The molecule has 0 N–H and O–H groups in total. The Hall–Kier alpha value is -1.68. The van der Waals surface area contributed by atoms with Crippen molar-refractivity contribution in [3.63, 3.8) is 0 Å². The van der Waals surface area contributed by atoms with Gasteiger partial charge in [0.05, 0.1) is 17.7 Å². The quantitative estimate of drug-likeness (QED) is 0.415. The van der Waals surface area contributed by atoms with Gasteiger partial charge in [0.25, 0.3) is 11.8 Å². The second-order valence-electron chi connectivity index (χ2n) is 6.55. The van der Waals surface area contributed by atoms with E-state index in [0.717, 1.165) is 32.1 Å². The van der Waals surface area contributed by atoms with Gasteiger partial charge < -0.3 is 0 Å². The lowest BCUT2D eigenvalue weighted by Crippen LogP contribution is -2.30. The van der Waals surface area contributed by atoms with E-state index in [-0.39, 0.29) is 18.4 Å². The second kappa shape index (κ2) is 10.2. The van der Waals surface area contributed by atoms with Crippen LogP contribution in [0, 0.1) is 0 Å². The third-order valence-electron chi connectivity index (χ3n) is 4.65. The largest absolute Gasteiger partial charge is 0.274 e. The first-order chi connectivity index (χ1) is 11.8. The van der Waals surface area contributed by atoms with Gasteiger partial charge in [0, 0.05) is 6.54 Å². The van der Waals surface area contributed by atoms with Crippen molar-refractivity contribution in [1.29, 1.82) is 0 Å². The number of carbonyl (C=O) groups excluding carboxylic acids is 2. The smallest absolute Gasteiger partial charge is 0.261 e. The van der Waals surface area contributed by atoms with E-state index in [1.807, 2.05) is 0 Å². The maximum absolute atomic E-state index is 12.2. The van der Waals surface area contributed by atoms with Crippen LogP contribution in [0.4, 0.5) is 0 Å². The van der Waals surface area contributed by atoms with Crippen molar-refractivity contribution in [3.8, 4) is 0 Å². The zero-order valence-electron chi connectivity index (χ0n) is 14.5. The molecule has 24 heavy (non-hydrogen) atoms. The Bertz CT molecular complexity index is 506. The minimum Gasteiger partial charge on any atom is -0.274 e. The van der Waals surface area contributed by atoms with Crippen LogP contribution >= 0.6 is 0 Å². The van der Waals surface area contributed by atoms with E-state index in [0.29, 0.717) is 17.7 Å². The molecule has 1 aliphatic rings. The number of fused-ring (bicyclic) bond motifs is 1. The van der Waals surface area contributed by atoms with Crippen LogP contribution < -0.4 is 0 Å². The zero-order chi connectivity index (χ0) is 17.2. The summed E-state index contributed by atoms with van der Waals surface area (Å²) >= 11 is 0. The molecule has 0 saturated carbocycles. The van der Waals surface area contributed by atoms with Gasteiger partial charge in [0.2, 0.25) is 0 Å². The number of amides is 2. The first-order valence-electron chi connectivity index (χ1n) is 9.29. The molecule has 1 aromatic rings. The third kappa shape index (κ3) is 5.17. The molecule has 1 aliphatic heterocycles. The lowest BCUT2D eigenvalue weighted by atomic mass is 10.1. The van der Waals surface area contributed by atoms with Crippen LogP contribution in [0.3, 0.4) is 0 Å². The monoisotopic (exact) mass is 330 g/mol. The Balaban J connectivity index is 1.53. The van der Waals surface area contributed by atoms with Crippen molar-refractivity contribution in [3.05, 3.63) is 35.4 Å². The first kappa shape index (κ1) is 18.7. The Morgan fingerprint density at radius 1 is 0.625 bits per heavy atom. The van der Waals surface area contributed by atoms with Gasteiger partial charge in [-0.2, -0.15) is 0 Å². The molecular formula is C20H28NO3. The fourth-order valence-corrected chi connectivity index (χ4v) is 3.23. The van der Waals surface area contributed by atoms with Gasteiger partial charge in [-0.25, -0.2) is 5.11 Å². The Labute approximate surface area is 144 Å². The topological polar surface area (TPSA) is 57.3 Å². The van der Waals surface area contributed by atoms with Crippen LogP contribution in [0.1, 0.15) is 84.9 Å². The lowest BCUT2D eigenvalue weighted by molar-refractivity contribution is 0.0651. The molecule has 1 aromatic carbocycles. The molecule has 2 rings (SSSR count). The molecule has 0 fully saturated rings. The molecule has 0 aliphatic carbocycles. The summed E-state index contributed by atoms with van der Waals surface area (Å²) in [5, 5.41) is 10.3. The van der Waals surface area contributed by atoms with E-state index in [9.17, 15) is 14.7 Å². The molecule has 0 bridgehead atoms. The van der Waals surface area contributed by atoms with Gasteiger partial charge in [0.15, 0.2) is 0 Å². The van der Waals surface area contributed by atoms with E-state index in [1.54, 1.807) is 24.3 Å². The highest BCUT2D eigenvalue weighted by atomic mass is 16.3. The van der Waals surface area contributed by atoms with E-state index in [2.05, 4.69) is 0 Å². The summed E-state index contributed by atoms with van der Waals surface area (Å²) in [6.45, 7) is 0.592. The number of imide groups is 1. The predicted molar refractivity (Wildman–Crippen MR) is 93.5 cm³/mol. The summed E-state index contributed by atoms with van der Waals surface area (Å²) in [5.74, 6) is -0.289. The summed E-state index contributed by atoms with van der Waals surface area (Å²) in [4.78, 5) is 25.8. The van der Waals surface area contributed by atoms with E-state index in [4.69, 9.17) is 0 Å². The van der Waals surface area contributed by atoms with Crippen LogP contribution in [0.2, 0.25) is 0 Å². The molecule has 0 saturated heterocycles. The molecule has 4 nitrogen and oxygen atoms in total. The minimum atomic E-state index is -0.145. The molecule has 1 heterocycles. The van der Waals surface area contributed by atoms with Gasteiger partial charge in [0.1, 0.15) is 0 Å². The standard InChI is InChI=1S/C20H28NO3/c22-16-12-8-6-4-2-1-3-5-7-11-15-21-19(23)17-13-9-10-14-18(17)20(21)24/h9-10,13-14H,1-8,11-12,15-16H2. The van der Waals surface area contributed by atoms with Crippen molar-refractivity contribution in [2.45, 2.75) is 64.2 Å². The Morgan fingerprint density at radius 2 is 1.04 bits per heavy atom. The average molecular weight is 330 g/mol. The first-order valence-corrected chi connectivity index (χ1v) is 9.29. The van der Waals surface area contributed by atoms with Crippen LogP contribution in [0.5, 0.6) is 0 Å². The van der Waals surface area contributed by atoms with Gasteiger partial charge in [-0.3, -0.25) is 14.5 Å². The molecule has 2 amide bonds. The molecule has 0 unspecified atom stereocenters. The van der Waals surface area contributed by atoms with Crippen LogP contribution in [-0.2, 0) is 5.11 Å². The maximum Gasteiger partial charge on any atom is 0.261 e. The SMILES string of the molecule is [O]CCCCCCCCCCCCN1C(=O)c2ccccc2C1=O. The fraction of sp³-hybridized carbons (Fsp3) is 0.600. The molecule has 0 atom stereocenters. The van der Waals surface area contributed by atoms with Crippen LogP contribution in [0.25, 0.3) is 0 Å². The number of nitrogens with zero attached hydrogens (tertiary/aromatic N) is 1. The summed E-state index contributed by atoms with van der Waals surface area (Å²) in [5.41, 5.74) is 1.08. The van der Waals surface area contributed by atoms with Crippen LogP contribution in [-0.4, -0.2) is 29.9 Å². The van der Waals surface area contributed by atoms with Gasteiger partial charge in [-0.15, -0.1) is 0 Å². The van der Waals surface area contributed by atoms with Crippen LogP contribution in [0.15, 0.2) is 24.3 Å². The normalized spacial score (nSPS) is 13.6. The van der Waals surface area contributed by atoms with Gasteiger partial charge in [-0.05, 0) is 25.0 Å². The van der Waals surface area contributed by atoms with Crippen molar-refractivity contribution in [1.82, 2.24) is 4.90 Å². The average Bonchev–Trinajstić information content (AvgIpc) is 2.84. The third-order valence-corrected chi connectivity index (χ3v) is 4.65. The zero-order valence-corrected chi connectivity index (χ0v) is 14.5. The molecule has 1 radical (unpaired) electrons.